The van der Waals surface area contributed by atoms with E-state index in [9.17, 15) is 0 Å². The van der Waals surface area contributed by atoms with Crippen LogP contribution in [-0.2, 0) is 0 Å². The largest absolute Gasteiger partial charge is 0.456 e. The number of para-hydroxylation sites is 2. The van der Waals surface area contributed by atoms with Gasteiger partial charge in [-0.2, -0.15) is 9.97 Å². The number of furan rings is 1. The van der Waals surface area contributed by atoms with Crippen LogP contribution in [0.1, 0.15) is 0 Å². The summed E-state index contributed by atoms with van der Waals surface area (Å²) in [5.41, 5.74) is 7.98. The Hall–Kier alpha value is -6.63. The van der Waals surface area contributed by atoms with Crippen LogP contribution < -0.4 is 0 Å². The van der Waals surface area contributed by atoms with E-state index in [2.05, 4.69) is 144 Å². The van der Waals surface area contributed by atoms with Gasteiger partial charge in [-0.25, -0.2) is 4.98 Å². The van der Waals surface area contributed by atoms with Crippen molar-refractivity contribution in [3.63, 3.8) is 0 Å². The number of benzene rings is 7. The Morgan fingerprint density at radius 1 is 0.431 bits per heavy atom. The van der Waals surface area contributed by atoms with Crippen LogP contribution >= 0.6 is 11.3 Å². The zero-order chi connectivity index (χ0) is 33.5. The molecular weight excluding hydrogens is 645 g/mol. The number of thiophene rings is 1. The molecular formula is C45H26N4OS. The van der Waals surface area contributed by atoms with Crippen molar-refractivity contribution in [2.75, 3.05) is 0 Å². The zero-order valence-electron chi connectivity index (χ0n) is 27.1. The molecule has 0 radical (unpaired) electrons. The third kappa shape index (κ3) is 4.37. The summed E-state index contributed by atoms with van der Waals surface area (Å²) in [7, 11) is 0. The molecule has 51 heavy (non-hydrogen) atoms. The fraction of sp³-hybridized carbons (Fsp3) is 0. The highest BCUT2D eigenvalue weighted by Crippen LogP contribution is 2.41. The van der Waals surface area contributed by atoms with Gasteiger partial charge >= 0.3 is 0 Å². The van der Waals surface area contributed by atoms with E-state index >= 15 is 0 Å². The number of nitrogens with zero attached hydrogens (tertiary/aromatic N) is 4. The first-order valence-electron chi connectivity index (χ1n) is 16.9. The molecule has 0 fully saturated rings. The first-order valence-corrected chi connectivity index (χ1v) is 17.8. The fourth-order valence-corrected chi connectivity index (χ4v) is 8.69. The van der Waals surface area contributed by atoms with Gasteiger partial charge < -0.3 is 4.42 Å². The van der Waals surface area contributed by atoms with Gasteiger partial charge in [-0.1, -0.05) is 121 Å². The maximum Gasteiger partial charge on any atom is 0.238 e. The molecule has 6 heteroatoms. The molecule has 0 unspecified atom stereocenters. The van der Waals surface area contributed by atoms with E-state index in [1.54, 1.807) is 11.3 Å². The topological polar surface area (TPSA) is 56.7 Å². The lowest BCUT2D eigenvalue weighted by Gasteiger charge is -2.12. The molecule has 0 spiro atoms. The predicted octanol–water partition coefficient (Wildman–Crippen LogP) is 12.2. The van der Waals surface area contributed by atoms with Crippen molar-refractivity contribution in [2.45, 2.75) is 0 Å². The smallest absolute Gasteiger partial charge is 0.238 e. The van der Waals surface area contributed by atoms with Crippen LogP contribution in [0.15, 0.2) is 162 Å². The first kappa shape index (κ1) is 28.2. The Bertz CT molecular complexity index is 3140. The summed E-state index contributed by atoms with van der Waals surface area (Å²) in [6.07, 6.45) is 0. The SMILES string of the molecule is c1ccc(-c2ccc(-c3nc(-c4cccc5c4sc4ccccc45)nc(-n4c5ccccc5c5cc6oc7ccccc7c6cc54)n3)cc2)cc1. The molecule has 11 rings (SSSR count). The molecule has 4 heterocycles. The fourth-order valence-electron chi connectivity index (χ4n) is 7.48. The molecule has 0 N–H and O–H groups in total. The van der Waals surface area contributed by atoms with Gasteiger partial charge in [0, 0.05) is 52.8 Å². The van der Waals surface area contributed by atoms with Crippen molar-refractivity contribution in [3.05, 3.63) is 158 Å². The summed E-state index contributed by atoms with van der Waals surface area (Å²) in [5.74, 6) is 1.83. The Morgan fingerprint density at radius 3 is 2.00 bits per heavy atom. The second-order valence-electron chi connectivity index (χ2n) is 12.8. The molecule has 0 aliphatic carbocycles. The van der Waals surface area contributed by atoms with E-state index in [4.69, 9.17) is 19.4 Å². The van der Waals surface area contributed by atoms with Crippen LogP contribution in [0.4, 0.5) is 0 Å². The molecule has 11 aromatic rings. The van der Waals surface area contributed by atoms with Gasteiger partial charge in [-0.3, -0.25) is 4.57 Å². The highest BCUT2D eigenvalue weighted by molar-refractivity contribution is 7.26. The van der Waals surface area contributed by atoms with Crippen molar-refractivity contribution in [1.29, 1.82) is 0 Å². The molecule has 4 aromatic heterocycles. The van der Waals surface area contributed by atoms with Crippen LogP contribution in [0.25, 0.3) is 104 Å². The zero-order valence-corrected chi connectivity index (χ0v) is 27.9. The number of hydrogen-bond donors (Lipinski definition) is 0. The van der Waals surface area contributed by atoms with Crippen molar-refractivity contribution < 1.29 is 4.42 Å². The standard InChI is InChI=1S/C45H26N4OS/c1-2-11-27(12-3-1)28-21-23-29(24-22-28)43-46-44(34-17-10-16-33-32-15-6-9-20-41(32)51-42(33)34)48-45(47-43)49-37-18-7-4-13-30(37)35-26-40-36(25-38(35)49)31-14-5-8-19-39(31)50-40/h1-26H. The summed E-state index contributed by atoms with van der Waals surface area (Å²) < 4.78 is 10.9. The van der Waals surface area contributed by atoms with Crippen LogP contribution in [0.2, 0.25) is 0 Å². The van der Waals surface area contributed by atoms with Crippen LogP contribution in [-0.4, -0.2) is 19.5 Å². The monoisotopic (exact) mass is 670 g/mol. The predicted molar refractivity (Wildman–Crippen MR) is 211 cm³/mol. The second-order valence-corrected chi connectivity index (χ2v) is 13.9. The minimum atomic E-state index is 0.568. The lowest BCUT2D eigenvalue weighted by atomic mass is 10.0. The van der Waals surface area contributed by atoms with E-state index in [1.807, 2.05) is 18.2 Å². The Labute approximate surface area is 295 Å². The molecule has 0 bridgehead atoms. The average Bonchev–Trinajstić information content (AvgIpc) is 3.86. The molecule has 0 saturated heterocycles. The molecule has 7 aromatic carbocycles. The van der Waals surface area contributed by atoms with Crippen molar-refractivity contribution in [2.24, 2.45) is 0 Å². The summed E-state index contributed by atoms with van der Waals surface area (Å²) in [5, 5.41) is 6.78. The van der Waals surface area contributed by atoms with Crippen molar-refractivity contribution in [3.8, 4) is 39.9 Å². The highest BCUT2D eigenvalue weighted by atomic mass is 32.1. The van der Waals surface area contributed by atoms with E-state index in [0.717, 1.165) is 65.1 Å². The molecule has 0 aliphatic rings. The third-order valence-electron chi connectivity index (χ3n) is 9.89. The van der Waals surface area contributed by atoms with E-state index in [0.29, 0.717) is 17.6 Å². The maximum absolute atomic E-state index is 6.34. The number of fused-ring (bicyclic) bond motifs is 9. The van der Waals surface area contributed by atoms with Crippen LogP contribution in [0, 0.1) is 0 Å². The Morgan fingerprint density at radius 2 is 1.12 bits per heavy atom. The molecule has 0 amide bonds. The van der Waals surface area contributed by atoms with Gasteiger partial charge in [0.15, 0.2) is 11.6 Å². The summed E-state index contributed by atoms with van der Waals surface area (Å²) in [4.78, 5) is 15.8. The summed E-state index contributed by atoms with van der Waals surface area (Å²) in [6.45, 7) is 0. The van der Waals surface area contributed by atoms with Gasteiger partial charge in [-0.05, 0) is 47.5 Å². The highest BCUT2D eigenvalue weighted by Gasteiger charge is 2.21. The Kier molecular flexibility index (Phi) is 6.05. The summed E-state index contributed by atoms with van der Waals surface area (Å²) >= 11 is 1.78. The minimum Gasteiger partial charge on any atom is -0.456 e. The molecule has 238 valence electrons. The molecule has 5 nitrogen and oxygen atoms in total. The second kappa shape index (κ2) is 10.9. The lowest BCUT2D eigenvalue weighted by molar-refractivity contribution is 0.669. The van der Waals surface area contributed by atoms with E-state index in [1.165, 1.54) is 21.0 Å². The normalized spacial score (nSPS) is 11.9. The lowest BCUT2D eigenvalue weighted by Crippen LogP contribution is -2.06. The van der Waals surface area contributed by atoms with Crippen LogP contribution in [0.5, 0.6) is 0 Å². The average molecular weight is 671 g/mol. The minimum absolute atomic E-state index is 0.568. The summed E-state index contributed by atoms with van der Waals surface area (Å²) in [6, 6.07) is 54.9. The number of aromatic nitrogens is 4. The molecule has 0 aliphatic heterocycles. The van der Waals surface area contributed by atoms with Crippen LogP contribution in [0.3, 0.4) is 0 Å². The first-order chi connectivity index (χ1) is 25.3. The van der Waals surface area contributed by atoms with Gasteiger partial charge in [0.25, 0.3) is 0 Å². The van der Waals surface area contributed by atoms with Gasteiger partial charge in [0.2, 0.25) is 5.95 Å². The van der Waals surface area contributed by atoms with E-state index < -0.39 is 0 Å². The van der Waals surface area contributed by atoms with Gasteiger partial charge in [0.05, 0.1) is 11.0 Å². The van der Waals surface area contributed by atoms with Crippen molar-refractivity contribution >= 4 is 75.3 Å². The van der Waals surface area contributed by atoms with Gasteiger partial charge in [0.1, 0.15) is 11.2 Å². The van der Waals surface area contributed by atoms with Crippen molar-refractivity contribution in [1.82, 2.24) is 19.5 Å². The van der Waals surface area contributed by atoms with E-state index in [-0.39, 0.29) is 0 Å². The molecule has 0 saturated carbocycles. The van der Waals surface area contributed by atoms with Gasteiger partial charge in [-0.15, -0.1) is 11.3 Å². The molecule has 0 atom stereocenters. The quantitative estimate of drug-likeness (QED) is 0.187. The maximum atomic E-state index is 6.34. The number of hydrogen-bond acceptors (Lipinski definition) is 5. The number of rotatable bonds is 4. The Balaban J connectivity index is 1.20. The third-order valence-corrected chi connectivity index (χ3v) is 11.1.